The Morgan fingerprint density at radius 2 is 2.17 bits per heavy atom. The first-order valence-electron chi connectivity index (χ1n) is 7.88. The van der Waals surface area contributed by atoms with Crippen molar-refractivity contribution in [2.24, 2.45) is 0 Å². The minimum atomic E-state index is -1.08. The van der Waals surface area contributed by atoms with Gasteiger partial charge in [-0.1, -0.05) is 0 Å². The number of carbonyl (C=O) groups is 3. The summed E-state index contributed by atoms with van der Waals surface area (Å²) in [6.07, 6.45) is 2.19. The molecule has 0 aromatic heterocycles. The van der Waals surface area contributed by atoms with Crippen LogP contribution >= 0.6 is 0 Å². The molecule has 1 aliphatic heterocycles. The molecule has 1 saturated heterocycles. The van der Waals surface area contributed by atoms with E-state index >= 15 is 0 Å². The number of carboxylic acids is 1. The lowest BCUT2D eigenvalue weighted by molar-refractivity contribution is -0.150. The number of carbonyl (C=O) groups excluding carboxylic acids is 2. The summed E-state index contributed by atoms with van der Waals surface area (Å²) in [5.74, 6) is -1.61. The van der Waals surface area contributed by atoms with Crippen LogP contribution in [0.1, 0.15) is 33.1 Å². The third-order valence-electron chi connectivity index (χ3n) is 3.66. The molecule has 0 aliphatic carbocycles. The van der Waals surface area contributed by atoms with Crippen molar-refractivity contribution in [1.29, 1.82) is 0 Å². The summed E-state index contributed by atoms with van der Waals surface area (Å²) >= 11 is 0. The molecule has 2 amide bonds. The molecule has 0 aromatic rings. The lowest BCUT2D eigenvalue weighted by Gasteiger charge is -2.26. The van der Waals surface area contributed by atoms with Crippen molar-refractivity contribution in [1.82, 2.24) is 10.2 Å². The molecule has 8 nitrogen and oxygen atoms in total. The van der Waals surface area contributed by atoms with E-state index in [2.05, 4.69) is 5.32 Å². The van der Waals surface area contributed by atoms with Crippen LogP contribution in [0.15, 0.2) is 0 Å². The third-order valence-corrected chi connectivity index (χ3v) is 3.66. The SMILES string of the molecule is CC(=O)NCCN(C(=O)CCOCC1CCCO1)C(C)C(=O)O. The molecule has 0 spiro atoms. The zero-order valence-corrected chi connectivity index (χ0v) is 13.7. The maximum absolute atomic E-state index is 12.2. The van der Waals surface area contributed by atoms with Crippen LogP contribution in [0, 0.1) is 0 Å². The molecule has 1 rings (SSSR count). The minimum absolute atomic E-state index is 0.0962. The number of aliphatic carboxylic acids is 1. The van der Waals surface area contributed by atoms with Crippen molar-refractivity contribution in [3.05, 3.63) is 0 Å². The fraction of sp³-hybridized carbons (Fsp3) is 0.800. The second-order valence-electron chi connectivity index (χ2n) is 5.54. The maximum Gasteiger partial charge on any atom is 0.326 e. The fourth-order valence-corrected chi connectivity index (χ4v) is 2.31. The second-order valence-corrected chi connectivity index (χ2v) is 5.54. The highest BCUT2D eigenvalue weighted by molar-refractivity contribution is 5.83. The average Bonchev–Trinajstić information content (AvgIpc) is 3.00. The summed E-state index contributed by atoms with van der Waals surface area (Å²) in [6, 6.07) is -0.950. The topological polar surface area (TPSA) is 105 Å². The molecule has 1 aliphatic rings. The van der Waals surface area contributed by atoms with E-state index in [9.17, 15) is 14.4 Å². The van der Waals surface area contributed by atoms with Gasteiger partial charge in [-0.05, 0) is 19.8 Å². The highest BCUT2D eigenvalue weighted by Gasteiger charge is 2.25. The summed E-state index contributed by atoms with van der Waals surface area (Å²) in [7, 11) is 0. The van der Waals surface area contributed by atoms with E-state index in [1.54, 1.807) is 0 Å². The number of nitrogens with zero attached hydrogens (tertiary/aromatic N) is 1. The number of carboxylic acid groups (broad SMARTS) is 1. The van der Waals surface area contributed by atoms with E-state index in [4.69, 9.17) is 14.6 Å². The Bertz CT molecular complexity index is 409. The molecule has 0 aromatic carbocycles. The monoisotopic (exact) mass is 330 g/mol. The smallest absolute Gasteiger partial charge is 0.326 e. The van der Waals surface area contributed by atoms with E-state index in [1.165, 1.54) is 18.7 Å². The third kappa shape index (κ3) is 7.43. The van der Waals surface area contributed by atoms with Crippen LogP contribution in [0.3, 0.4) is 0 Å². The fourth-order valence-electron chi connectivity index (χ4n) is 2.31. The van der Waals surface area contributed by atoms with Crippen LogP contribution < -0.4 is 5.32 Å². The van der Waals surface area contributed by atoms with Gasteiger partial charge in [0.15, 0.2) is 0 Å². The van der Waals surface area contributed by atoms with Crippen molar-refractivity contribution in [2.75, 3.05) is 32.9 Å². The first-order valence-corrected chi connectivity index (χ1v) is 7.88. The molecule has 2 unspecified atom stereocenters. The van der Waals surface area contributed by atoms with Gasteiger partial charge in [-0.15, -0.1) is 0 Å². The Morgan fingerprint density at radius 3 is 2.74 bits per heavy atom. The molecule has 0 radical (unpaired) electrons. The predicted molar refractivity (Wildman–Crippen MR) is 81.9 cm³/mol. The normalized spacial score (nSPS) is 18.4. The zero-order chi connectivity index (χ0) is 17.2. The zero-order valence-electron chi connectivity index (χ0n) is 13.7. The molecule has 2 N–H and O–H groups in total. The van der Waals surface area contributed by atoms with Gasteiger partial charge >= 0.3 is 5.97 Å². The van der Waals surface area contributed by atoms with E-state index in [0.717, 1.165) is 19.4 Å². The van der Waals surface area contributed by atoms with Crippen LogP contribution in [0.4, 0.5) is 0 Å². The van der Waals surface area contributed by atoms with Gasteiger partial charge in [0.1, 0.15) is 6.04 Å². The van der Waals surface area contributed by atoms with Crippen LogP contribution in [-0.4, -0.2) is 72.8 Å². The Balaban J connectivity index is 2.36. The number of hydrogen-bond acceptors (Lipinski definition) is 5. The molecule has 1 heterocycles. The van der Waals surface area contributed by atoms with E-state index in [1.807, 2.05) is 0 Å². The predicted octanol–water partition coefficient (Wildman–Crippen LogP) is 0.00990. The molecule has 23 heavy (non-hydrogen) atoms. The summed E-state index contributed by atoms with van der Waals surface area (Å²) in [5, 5.41) is 11.7. The molecule has 0 saturated carbocycles. The Hall–Kier alpha value is -1.67. The molecule has 8 heteroatoms. The van der Waals surface area contributed by atoms with E-state index in [0.29, 0.717) is 6.61 Å². The Labute approximate surface area is 136 Å². The van der Waals surface area contributed by atoms with Gasteiger partial charge in [0.05, 0.1) is 25.7 Å². The van der Waals surface area contributed by atoms with Crippen LogP contribution in [0.5, 0.6) is 0 Å². The first kappa shape index (κ1) is 19.4. The number of hydrogen-bond donors (Lipinski definition) is 2. The van der Waals surface area contributed by atoms with Gasteiger partial charge in [0.25, 0.3) is 0 Å². The van der Waals surface area contributed by atoms with Crippen molar-refractivity contribution in [3.8, 4) is 0 Å². The van der Waals surface area contributed by atoms with Gasteiger partial charge in [0.2, 0.25) is 11.8 Å². The summed E-state index contributed by atoms with van der Waals surface area (Å²) < 4.78 is 10.8. The van der Waals surface area contributed by atoms with Crippen molar-refractivity contribution >= 4 is 17.8 Å². The maximum atomic E-state index is 12.2. The lowest BCUT2D eigenvalue weighted by atomic mass is 10.2. The van der Waals surface area contributed by atoms with Crippen LogP contribution in [-0.2, 0) is 23.9 Å². The van der Waals surface area contributed by atoms with Gasteiger partial charge in [0, 0.05) is 26.6 Å². The lowest BCUT2D eigenvalue weighted by Crippen LogP contribution is -2.47. The Morgan fingerprint density at radius 1 is 1.43 bits per heavy atom. The molecule has 2 atom stereocenters. The summed E-state index contributed by atoms with van der Waals surface area (Å²) in [4.78, 5) is 35.4. The van der Waals surface area contributed by atoms with E-state index < -0.39 is 12.0 Å². The highest BCUT2D eigenvalue weighted by atomic mass is 16.5. The largest absolute Gasteiger partial charge is 0.480 e. The highest BCUT2D eigenvalue weighted by Crippen LogP contribution is 2.12. The van der Waals surface area contributed by atoms with Crippen LogP contribution in [0.25, 0.3) is 0 Å². The van der Waals surface area contributed by atoms with Gasteiger partial charge in [-0.3, -0.25) is 9.59 Å². The van der Waals surface area contributed by atoms with Gasteiger partial charge in [-0.2, -0.15) is 0 Å². The summed E-state index contributed by atoms with van der Waals surface area (Å²) in [5.41, 5.74) is 0. The molecule has 132 valence electrons. The van der Waals surface area contributed by atoms with Crippen LogP contribution in [0.2, 0.25) is 0 Å². The second kappa shape index (κ2) is 10.2. The number of amides is 2. The van der Waals surface area contributed by atoms with Gasteiger partial charge in [-0.25, -0.2) is 4.79 Å². The summed E-state index contributed by atoms with van der Waals surface area (Å²) in [6.45, 7) is 4.61. The number of ether oxygens (including phenoxy) is 2. The number of nitrogens with one attached hydrogen (secondary N) is 1. The molecule has 0 bridgehead atoms. The quantitative estimate of drug-likeness (QED) is 0.547. The number of rotatable bonds is 10. The van der Waals surface area contributed by atoms with E-state index in [-0.39, 0.29) is 44.0 Å². The minimum Gasteiger partial charge on any atom is -0.480 e. The van der Waals surface area contributed by atoms with Crippen molar-refractivity contribution in [2.45, 2.75) is 45.3 Å². The molecular weight excluding hydrogens is 304 g/mol. The standard InChI is InChI=1S/C15H26N2O6/c1-11(15(20)21)17(7-6-16-12(2)18)14(19)5-9-22-10-13-4-3-8-23-13/h11,13H,3-10H2,1-2H3,(H,16,18)(H,20,21). The first-order chi connectivity index (χ1) is 10.9. The molecular formula is C15H26N2O6. The van der Waals surface area contributed by atoms with Crippen molar-refractivity contribution in [3.63, 3.8) is 0 Å². The van der Waals surface area contributed by atoms with Crippen molar-refractivity contribution < 1.29 is 29.0 Å². The average molecular weight is 330 g/mol. The molecule has 1 fully saturated rings. The Kier molecular flexibility index (Phi) is 8.57. The van der Waals surface area contributed by atoms with Gasteiger partial charge < -0.3 is 24.8 Å².